The van der Waals surface area contributed by atoms with Crippen LogP contribution in [0.4, 0.5) is 4.79 Å². The maximum Gasteiger partial charge on any atom is 0.407 e. The lowest BCUT2D eigenvalue weighted by Gasteiger charge is -2.19. The molecule has 0 radical (unpaired) electrons. The Balaban J connectivity index is 2.02. The third-order valence-corrected chi connectivity index (χ3v) is 3.41. The van der Waals surface area contributed by atoms with Gasteiger partial charge in [0, 0.05) is 6.54 Å². The number of alkyl halides is 2. The molecule has 0 fully saturated rings. The van der Waals surface area contributed by atoms with Crippen LogP contribution in [-0.4, -0.2) is 59.7 Å². The third kappa shape index (κ3) is 9.25. The van der Waals surface area contributed by atoms with Crippen molar-refractivity contribution in [3.63, 3.8) is 0 Å². The van der Waals surface area contributed by atoms with Crippen molar-refractivity contribution >= 4 is 29.3 Å². The van der Waals surface area contributed by atoms with Crippen LogP contribution in [-0.2, 0) is 32.5 Å². The average Bonchev–Trinajstić information content (AvgIpc) is 2.93. The summed E-state index contributed by atoms with van der Waals surface area (Å²) < 4.78 is 17.6. The van der Waals surface area contributed by atoms with Crippen molar-refractivity contribution in [1.82, 2.24) is 20.3 Å². The molecule has 0 unspecified atom stereocenters. The zero-order valence-corrected chi connectivity index (χ0v) is 16.4. The number of amides is 1. The Morgan fingerprint density at radius 3 is 2.40 bits per heavy atom. The van der Waals surface area contributed by atoms with Crippen LogP contribution >= 0.6 is 23.2 Å². The van der Waals surface area contributed by atoms with Crippen molar-refractivity contribution in [2.45, 2.75) is 44.7 Å². The van der Waals surface area contributed by atoms with Crippen LogP contribution in [0.15, 0.2) is 0 Å². The van der Waals surface area contributed by atoms with Crippen LogP contribution in [0.2, 0.25) is 0 Å². The van der Waals surface area contributed by atoms with E-state index in [4.69, 9.17) is 37.4 Å². The Bertz CT molecular complexity index is 520. The van der Waals surface area contributed by atoms with Gasteiger partial charge in [0.2, 0.25) is 0 Å². The molecule has 1 rings (SSSR count). The van der Waals surface area contributed by atoms with E-state index in [1.165, 1.54) is 0 Å². The summed E-state index contributed by atoms with van der Waals surface area (Å²) in [7, 11) is 0. The van der Waals surface area contributed by atoms with Crippen molar-refractivity contribution in [2.75, 3.05) is 33.0 Å². The molecule has 0 saturated heterocycles. The van der Waals surface area contributed by atoms with Gasteiger partial charge < -0.3 is 19.5 Å². The van der Waals surface area contributed by atoms with Crippen LogP contribution in [0.25, 0.3) is 0 Å². The van der Waals surface area contributed by atoms with E-state index in [-0.39, 0.29) is 5.88 Å². The summed E-state index contributed by atoms with van der Waals surface area (Å²) in [5.74, 6) is 0.594. The van der Waals surface area contributed by atoms with E-state index in [9.17, 15) is 4.79 Å². The Kier molecular flexibility index (Phi) is 10.1. The molecule has 0 atom stereocenters. The van der Waals surface area contributed by atoms with Crippen molar-refractivity contribution < 1.29 is 19.0 Å². The van der Waals surface area contributed by atoms with E-state index in [0.29, 0.717) is 51.1 Å². The molecule has 1 amide bonds. The maximum absolute atomic E-state index is 11.4. The molecule has 1 N–H and O–H groups in total. The van der Waals surface area contributed by atoms with E-state index in [1.807, 2.05) is 20.8 Å². The SMILES string of the molecule is CC(C)(C)OC(=O)NCCOCCOCCn1nnc(CCl)c1CCl. The van der Waals surface area contributed by atoms with Gasteiger partial charge in [-0.25, -0.2) is 9.48 Å². The highest BCUT2D eigenvalue weighted by Gasteiger charge is 2.15. The van der Waals surface area contributed by atoms with Gasteiger partial charge in [-0.1, -0.05) is 5.21 Å². The minimum Gasteiger partial charge on any atom is -0.444 e. The molecule has 0 aliphatic carbocycles. The number of nitrogens with one attached hydrogen (secondary N) is 1. The third-order valence-electron chi connectivity index (χ3n) is 2.91. The highest BCUT2D eigenvalue weighted by atomic mass is 35.5. The molecule has 0 aromatic carbocycles. The predicted octanol–water partition coefficient (Wildman–Crippen LogP) is 2.31. The number of rotatable bonds is 11. The summed E-state index contributed by atoms with van der Waals surface area (Å²) in [6, 6.07) is 0. The first-order valence-corrected chi connectivity index (χ1v) is 9.09. The molecule has 0 aliphatic heterocycles. The zero-order valence-electron chi connectivity index (χ0n) is 14.9. The second-order valence-electron chi connectivity index (χ2n) is 6.13. The fourth-order valence-corrected chi connectivity index (χ4v) is 2.31. The zero-order chi connectivity index (χ0) is 18.7. The van der Waals surface area contributed by atoms with Crippen LogP contribution in [0.1, 0.15) is 32.2 Å². The van der Waals surface area contributed by atoms with E-state index in [1.54, 1.807) is 4.68 Å². The number of nitrogens with zero attached hydrogens (tertiary/aromatic N) is 3. The molecule has 1 aromatic heterocycles. The topological polar surface area (TPSA) is 87.5 Å². The molecule has 144 valence electrons. The fourth-order valence-electron chi connectivity index (χ4n) is 1.81. The number of alkyl carbamates (subject to hydrolysis) is 1. The summed E-state index contributed by atoms with van der Waals surface area (Å²) in [5.41, 5.74) is 0.999. The van der Waals surface area contributed by atoms with Crippen LogP contribution in [0.3, 0.4) is 0 Å². The molecule has 0 aliphatic rings. The quantitative estimate of drug-likeness (QED) is 0.456. The van der Waals surface area contributed by atoms with Gasteiger partial charge in [0.05, 0.1) is 50.4 Å². The molecule has 1 aromatic rings. The van der Waals surface area contributed by atoms with Gasteiger partial charge in [0.25, 0.3) is 0 Å². The number of hydrogen-bond donors (Lipinski definition) is 1. The summed E-state index contributed by atoms with van der Waals surface area (Å²) in [6.07, 6.45) is -0.452. The van der Waals surface area contributed by atoms with Gasteiger partial charge in [-0.05, 0) is 20.8 Å². The molecule has 1 heterocycles. The summed E-state index contributed by atoms with van der Waals surface area (Å²) in [5, 5.41) is 10.6. The lowest BCUT2D eigenvalue weighted by atomic mass is 10.2. The first-order valence-electron chi connectivity index (χ1n) is 8.03. The van der Waals surface area contributed by atoms with Crippen molar-refractivity contribution in [2.24, 2.45) is 0 Å². The second-order valence-corrected chi connectivity index (χ2v) is 6.66. The Labute approximate surface area is 158 Å². The summed E-state index contributed by atoms with van der Waals surface area (Å²) in [4.78, 5) is 11.4. The number of aromatic nitrogens is 3. The Hall–Kier alpha value is -1.09. The first-order chi connectivity index (χ1) is 11.9. The van der Waals surface area contributed by atoms with Crippen LogP contribution in [0, 0.1) is 0 Å². The van der Waals surface area contributed by atoms with Gasteiger partial charge in [0.1, 0.15) is 11.3 Å². The molecule has 8 nitrogen and oxygen atoms in total. The number of halogens is 2. The van der Waals surface area contributed by atoms with Gasteiger partial charge in [-0.2, -0.15) is 0 Å². The van der Waals surface area contributed by atoms with Crippen molar-refractivity contribution in [3.8, 4) is 0 Å². The molecule has 0 spiro atoms. The minimum atomic E-state index is -0.503. The van der Waals surface area contributed by atoms with Crippen LogP contribution < -0.4 is 5.32 Å². The average molecular weight is 397 g/mol. The maximum atomic E-state index is 11.4. The molecular weight excluding hydrogens is 371 g/mol. The fraction of sp³-hybridized carbons (Fsp3) is 0.800. The Morgan fingerprint density at radius 1 is 1.12 bits per heavy atom. The second kappa shape index (κ2) is 11.5. The summed E-state index contributed by atoms with van der Waals surface area (Å²) >= 11 is 11.6. The number of hydrogen-bond acceptors (Lipinski definition) is 6. The molecule has 25 heavy (non-hydrogen) atoms. The monoisotopic (exact) mass is 396 g/mol. The highest BCUT2D eigenvalue weighted by molar-refractivity contribution is 6.18. The summed E-state index contributed by atoms with van der Waals surface area (Å²) in [6.45, 7) is 8.10. The van der Waals surface area contributed by atoms with Crippen molar-refractivity contribution in [3.05, 3.63) is 11.4 Å². The molecule has 10 heteroatoms. The minimum absolute atomic E-state index is 0.286. The van der Waals surface area contributed by atoms with Crippen LogP contribution in [0.5, 0.6) is 0 Å². The van der Waals surface area contributed by atoms with Gasteiger partial charge >= 0.3 is 6.09 Å². The van der Waals surface area contributed by atoms with E-state index in [0.717, 1.165) is 5.69 Å². The van der Waals surface area contributed by atoms with Gasteiger partial charge in [-0.15, -0.1) is 28.3 Å². The number of carbonyl (C=O) groups excluding carboxylic acids is 1. The van der Waals surface area contributed by atoms with E-state index >= 15 is 0 Å². The predicted molar refractivity (Wildman–Crippen MR) is 95.0 cm³/mol. The smallest absolute Gasteiger partial charge is 0.407 e. The lowest BCUT2D eigenvalue weighted by molar-refractivity contribution is 0.0376. The Morgan fingerprint density at radius 2 is 1.80 bits per heavy atom. The van der Waals surface area contributed by atoms with Crippen molar-refractivity contribution in [1.29, 1.82) is 0 Å². The molecular formula is C15H26Cl2N4O4. The normalized spacial score (nSPS) is 11.6. The van der Waals surface area contributed by atoms with E-state index < -0.39 is 11.7 Å². The van der Waals surface area contributed by atoms with E-state index in [2.05, 4.69) is 15.6 Å². The standard InChI is InChI=1S/C15H26Cl2N4O4/c1-15(2,3)25-14(22)18-4-6-23-8-9-24-7-5-21-13(11-17)12(10-16)19-20-21/h4-11H2,1-3H3,(H,18,22). The highest BCUT2D eigenvalue weighted by Crippen LogP contribution is 2.11. The molecule has 0 saturated carbocycles. The largest absolute Gasteiger partial charge is 0.444 e. The van der Waals surface area contributed by atoms with Gasteiger partial charge in [0.15, 0.2) is 0 Å². The first kappa shape index (κ1) is 22.0. The number of carbonyl (C=O) groups is 1. The molecule has 0 bridgehead atoms. The van der Waals surface area contributed by atoms with Gasteiger partial charge in [-0.3, -0.25) is 0 Å². The number of ether oxygens (including phenoxy) is 3. The lowest BCUT2D eigenvalue weighted by Crippen LogP contribution is -2.34.